The predicted octanol–water partition coefficient (Wildman–Crippen LogP) is 0.245. The molecule has 122 valence electrons. The number of rotatable bonds is 6. The van der Waals surface area contributed by atoms with Crippen molar-refractivity contribution in [3.05, 3.63) is 29.8 Å². The van der Waals surface area contributed by atoms with Crippen molar-refractivity contribution in [2.24, 2.45) is 17.4 Å². The number of primary amides is 1. The molecule has 0 saturated carbocycles. The molecule has 0 bridgehead atoms. The minimum absolute atomic E-state index is 0. The molecule has 0 aliphatic carbocycles. The number of nitrogens with one attached hydrogen (secondary N) is 2. The molecule has 1 aromatic carbocycles. The zero-order valence-corrected chi connectivity index (χ0v) is 13.3. The minimum atomic E-state index is -0.671. The van der Waals surface area contributed by atoms with Gasteiger partial charge in [0.1, 0.15) is 0 Å². The van der Waals surface area contributed by atoms with E-state index in [0.717, 1.165) is 0 Å². The summed E-state index contributed by atoms with van der Waals surface area (Å²) in [5, 5.41) is 4.96. The summed E-state index contributed by atoms with van der Waals surface area (Å²) in [6.07, 6.45) is 0. The highest BCUT2D eigenvalue weighted by molar-refractivity contribution is 6.03. The molecule has 0 fully saturated rings. The van der Waals surface area contributed by atoms with Crippen molar-refractivity contribution >= 4 is 35.8 Å². The van der Waals surface area contributed by atoms with E-state index < -0.39 is 23.8 Å². The normalized spacial score (nSPS) is 11.3. The van der Waals surface area contributed by atoms with E-state index in [0.29, 0.717) is 5.69 Å². The van der Waals surface area contributed by atoms with E-state index in [1.165, 1.54) is 6.07 Å². The summed E-state index contributed by atoms with van der Waals surface area (Å²) >= 11 is 0. The van der Waals surface area contributed by atoms with Gasteiger partial charge in [-0.1, -0.05) is 26.0 Å². The van der Waals surface area contributed by atoms with Crippen molar-refractivity contribution in [2.75, 3.05) is 11.9 Å². The summed E-state index contributed by atoms with van der Waals surface area (Å²) in [5.74, 6) is -1.53. The third-order valence-electron chi connectivity index (χ3n) is 2.91. The van der Waals surface area contributed by atoms with E-state index >= 15 is 0 Å². The first-order valence-electron chi connectivity index (χ1n) is 6.55. The standard InChI is InChI=1S/C14H20N4O3.ClH/c1-8(2)12(15)14(21)17-7-11(19)18-10-6-4-3-5-9(10)13(16)20;/h3-6,8,12H,7,15H2,1-2H3,(H2,16,20)(H,17,21)(H,18,19);1H/t12-;/m0./s1. The number of hydrogen-bond acceptors (Lipinski definition) is 4. The SMILES string of the molecule is CC(C)[C@H](N)C(=O)NCC(=O)Nc1ccccc1C(N)=O.Cl. The largest absolute Gasteiger partial charge is 0.366 e. The molecular weight excluding hydrogens is 308 g/mol. The number of para-hydroxylation sites is 1. The number of nitrogens with two attached hydrogens (primary N) is 2. The predicted molar refractivity (Wildman–Crippen MR) is 86.7 cm³/mol. The zero-order chi connectivity index (χ0) is 16.0. The van der Waals surface area contributed by atoms with Gasteiger partial charge >= 0.3 is 0 Å². The van der Waals surface area contributed by atoms with Gasteiger partial charge in [0.15, 0.2) is 0 Å². The van der Waals surface area contributed by atoms with Crippen molar-refractivity contribution in [1.29, 1.82) is 0 Å². The molecule has 3 amide bonds. The van der Waals surface area contributed by atoms with Crippen LogP contribution in [0.1, 0.15) is 24.2 Å². The van der Waals surface area contributed by atoms with E-state index in [1.54, 1.807) is 18.2 Å². The maximum atomic E-state index is 11.8. The fourth-order valence-electron chi connectivity index (χ4n) is 1.59. The second-order valence-electron chi connectivity index (χ2n) is 4.95. The van der Waals surface area contributed by atoms with E-state index in [1.807, 2.05) is 13.8 Å². The van der Waals surface area contributed by atoms with Crippen LogP contribution < -0.4 is 22.1 Å². The van der Waals surface area contributed by atoms with Gasteiger partial charge in [-0.2, -0.15) is 0 Å². The van der Waals surface area contributed by atoms with Crippen LogP contribution >= 0.6 is 12.4 Å². The lowest BCUT2D eigenvalue weighted by molar-refractivity contribution is -0.125. The van der Waals surface area contributed by atoms with Crippen molar-refractivity contribution in [1.82, 2.24) is 5.32 Å². The average Bonchev–Trinajstić information content (AvgIpc) is 2.44. The van der Waals surface area contributed by atoms with Crippen LogP contribution in [-0.2, 0) is 9.59 Å². The Hall–Kier alpha value is -2.12. The van der Waals surface area contributed by atoms with Gasteiger partial charge in [0.05, 0.1) is 23.8 Å². The number of anilines is 1. The lowest BCUT2D eigenvalue weighted by Gasteiger charge is -2.15. The van der Waals surface area contributed by atoms with E-state index in [-0.39, 0.29) is 30.4 Å². The summed E-state index contributed by atoms with van der Waals surface area (Å²) in [7, 11) is 0. The lowest BCUT2D eigenvalue weighted by atomic mass is 10.1. The monoisotopic (exact) mass is 328 g/mol. The van der Waals surface area contributed by atoms with Crippen molar-refractivity contribution in [3.63, 3.8) is 0 Å². The first-order valence-corrected chi connectivity index (χ1v) is 6.55. The molecule has 0 aliphatic heterocycles. The number of carbonyl (C=O) groups excluding carboxylic acids is 3. The van der Waals surface area contributed by atoms with Crippen molar-refractivity contribution in [3.8, 4) is 0 Å². The molecule has 1 atom stereocenters. The maximum Gasteiger partial charge on any atom is 0.250 e. The number of carbonyl (C=O) groups is 3. The second kappa shape index (κ2) is 9.01. The fraction of sp³-hybridized carbons (Fsp3) is 0.357. The van der Waals surface area contributed by atoms with Crippen LogP contribution in [-0.4, -0.2) is 30.3 Å². The molecule has 0 spiro atoms. The average molecular weight is 329 g/mol. The Morgan fingerprint density at radius 2 is 1.77 bits per heavy atom. The third-order valence-corrected chi connectivity index (χ3v) is 2.91. The second-order valence-corrected chi connectivity index (χ2v) is 4.95. The third kappa shape index (κ3) is 5.71. The van der Waals surface area contributed by atoms with Crippen molar-refractivity contribution < 1.29 is 14.4 Å². The molecule has 0 radical (unpaired) electrons. The maximum absolute atomic E-state index is 11.8. The summed E-state index contributed by atoms with van der Waals surface area (Å²) in [6, 6.07) is 5.69. The summed E-state index contributed by atoms with van der Waals surface area (Å²) < 4.78 is 0. The summed E-state index contributed by atoms with van der Waals surface area (Å²) in [5.41, 5.74) is 11.4. The molecule has 0 saturated heterocycles. The Morgan fingerprint density at radius 3 is 2.32 bits per heavy atom. The first kappa shape index (κ1) is 19.9. The molecule has 0 aromatic heterocycles. The summed E-state index contributed by atoms with van der Waals surface area (Å²) in [6.45, 7) is 3.40. The van der Waals surface area contributed by atoms with Crippen molar-refractivity contribution in [2.45, 2.75) is 19.9 Å². The molecule has 8 heteroatoms. The van der Waals surface area contributed by atoms with E-state index in [9.17, 15) is 14.4 Å². The highest BCUT2D eigenvalue weighted by atomic mass is 35.5. The van der Waals surface area contributed by atoms with Gasteiger partial charge in [0, 0.05) is 0 Å². The topological polar surface area (TPSA) is 127 Å². The fourth-order valence-corrected chi connectivity index (χ4v) is 1.59. The highest BCUT2D eigenvalue weighted by Crippen LogP contribution is 2.13. The number of amides is 3. The van der Waals surface area contributed by atoms with Crippen LogP contribution in [0.3, 0.4) is 0 Å². The van der Waals surface area contributed by atoms with Gasteiger partial charge in [-0.15, -0.1) is 12.4 Å². The van der Waals surface area contributed by atoms with Gasteiger partial charge in [-0.3, -0.25) is 14.4 Å². The minimum Gasteiger partial charge on any atom is -0.366 e. The number of hydrogen-bond donors (Lipinski definition) is 4. The Bertz CT molecular complexity index is 549. The Morgan fingerprint density at radius 1 is 1.18 bits per heavy atom. The van der Waals surface area contributed by atoms with Gasteiger partial charge in [-0.25, -0.2) is 0 Å². The van der Waals surface area contributed by atoms with E-state index in [4.69, 9.17) is 11.5 Å². The number of halogens is 1. The lowest BCUT2D eigenvalue weighted by Crippen LogP contribution is -2.46. The quantitative estimate of drug-likeness (QED) is 0.596. The molecule has 7 nitrogen and oxygen atoms in total. The van der Waals surface area contributed by atoms with Crippen LogP contribution in [0, 0.1) is 5.92 Å². The molecule has 22 heavy (non-hydrogen) atoms. The molecule has 0 unspecified atom stereocenters. The molecule has 0 aliphatic rings. The summed E-state index contributed by atoms with van der Waals surface area (Å²) in [4.78, 5) is 34.6. The van der Waals surface area contributed by atoms with Gasteiger partial charge in [0.2, 0.25) is 11.8 Å². The Balaban J connectivity index is 0.00000441. The highest BCUT2D eigenvalue weighted by Gasteiger charge is 2.18. The van der Waals surface area contributed by atoms with Crippen LogP contribution in [0.5, 0.6) is 0 Å². The molecule has 1 aromatic rings. The Labute approximate surface area is 135 Å². The first-order chi connectivity index (χ1) is 9.82. The zero-order valence-electron chi connectivity index (χ0n) is 12.5. The van der Waals surface area contributed by atoms with Gasteiger partial charge < -0.3 is 22.1 Å². The van der Waals surface area contributed by atoms with Crippen LogP contribution in [0.2, 0.25) is 0 Å². The molecule has 1 rings (SSSR count). The Kier molecular flexibility index (Phi) is 8.14. The van der Waals surface area contributed by atoms with E-state index in [2.05, 4.69) is 10.6 Å². The molecule has 0 heterocycles. The number of benzene rings is 1. The van der Waals surface area contributed by atoms with Crippen LogP contribution in [0.25, 0.3) is 0 Å². The molecule has 6 N–H and O–H groups in total. The molecular formula is C14H21ClN4O3. The van der Waals surface area contributed by atoms with Gasteiger partial charge in [0.25, 0.3) is 5.91 Å². The smallest absolute Gasteiger partial charge is 0.250 e. The van der Waals surface area contributed by atoms with Gasteiger partial charge in [-0.05, 0) is 18.1 Å². The van der Waals surface area contributed by atoms with Crippen LogP contribution in [0.15, 0.2) is 24.3 Å². The van der Waals surface area contributed by atoms with Crippen LogP contribution in [0.4, 0.5) is 5.69 Å².